The highest BCUT2D eigenvalue weighted by molar-refractivity contribution is 6.28. The highest BCUT2D eigenvalue weighted by Gasteiger charge is 2.17. The molecule has 0 N–H and O–H groups in total. The first-order chi connectivity index (χ1) is 8.83. The Bertz CT molecular complexity index is 531. The van der Waals surface area contributed by atoms with E-state index in [9.17, 15) is 0 Å². The molecule has 0 atom stereocenters. The molecule has 3 rings (SSSR count). The van der Waals surface area contributed by atoms with Crippen LogP contribution in [-0.2, 0) is 0 Å². The zero-order chi connectivity index (χ0) is 12.4. The molecule has 1 fully saturated rings. The van der Waals surface area contributed by atoms with Gasteiger partial charge in [-0.15, -0.1) is 0 Å². The average Bonchev–Trinajstić information content (AvgIpc) is 2.89. The molecule has 0 unspecified atom stereocenters. The van der Waals surface area contributed by atoms with Crippen LogP contribution in [0.25, 0.3) is 11.3 Å². The average molecular weight is 262 g/mol. The molecule has 2 heterocycles. The Labute approximate surface area is 111 Å². The summed E-state index contributed by atoms with van der Waals surface area (Å²) in [5.74, 6) is 0. The molecule has 0 amide bonds. The van der Waals surface area contributed by atoms with Crippen LogP contribution in [0.1, 0.15) is 32.1 Å². The molecule has 0 aromatic carbocycles. The van der Waals surface area contributed by atoms with E-state index < -0.39 is 0 Å². The van der Waals surface area contributed by atoms with E-state index in [2.05, 4.69) is 15.1 Å². The third-order valence-corrected chi connectivity index (χ3v) is 3.44. The Morgan fingerprint density at radius 2 is 2.00 bits per heavy atom. The summed E-state index contributed by atoms with van der Waals surface area (Å²) >= 11 is 5.80. The first kappa shape index (κ1) is 11.7. The summed E-state index contributed by atoms with van der Waals surface area (Å²) in [7, 11) is 0. The SMILES string of the molecule is Clc1nccc(-c2cnn([C]3CCCCC3)c2)n1. The Hall–Kier alpha value is -1.42. The van der Waals surface area contributed by atoms with Gasteiger partial charge >= 0.3 is 0 Å². The lowest BCUT2D eigenvalue weighted by Crippen LogP contribution is -2.13. The highest BCUT2D eigenvalue weighted by Crippen LogP contribution is 2.28. The van der Waals surface area contributed by atoms with Crippen molar-refractivity contribution in [1.29, 1.82) is 0 Å². The van der Waals surface area contributed by atoms with Crippen molar-refractivity contribution < 1.29 is 0 Å². The van der Waals surface area contributed by atoms with Crippen molar-refractivity contribution in [2.45, 2.75) is 32.1 Å². The number of halogens is 1. The van der Waals surface area contributed by atoms with Crippen LogP contribution in [0, 0.1) is 6.04 Å². The molecule has 2 aromatic rings. The van der Waals surface area contributed by atoms with E-state index in [4.69, 9.17) is 11.6 Å². The fraction of sp³-hybridized carbons (Fsp3) is 0.385. The lowest BCUT2D eigenvalue weighted by molar-refractivity contribution is 0.466. The molecule has 1 radical (unpaired) electrons. The highest BCUT2D eigenvalue weighted by atomic mass is 35.5. The number of aromatic nitrogens is 4. The van der Waals surface area contributed by atoms with Crippen LogP contribution >= 0.6 is 11.6 Å². The van der Waals surface area contributed by atoms with Crippen molar-refractivity contribution in [3.63, 3.8) is 0 Å². The van der Waals surface area contributed by atoms with E-state index in [1.54, 1.807) is 6.20 Å². The van der Waals surface area contributed by atoms with Gasteiger partial charge in [0, 0.05) is 18.0 Å². The quantitative estimate of drug-likeness (QED) is 0.779. The number of hydrogen-bond acceptors (Lipinski definition) is 3. The van der Waals surface area contributed by atoms with Gasteiger partial charge in [-0.25, -0.2) is 9.97 Å². The molecule has 0 aliphatic heterocycles. The fourth-order valence-corrected chi connectivity index (χ4v) is 2.46. The molecule has 0 spiro atoms. The van der Waals surface area contributed by atoms with Crippen molar-refractivity contribution in [2.75, 3.05) is 0 Å². The van der Waals surface area contributed by atoms with Gasteiger partial charge < -0.3 is 0 Å². The third-order valence-electron chi connectivity index (χ3n) is 3.26. The van der Waals surface area contributed by atoms with E-state index in [-0.39, 0.29) is 5.28 Å². The molecule has 2 aromatic heterocycles. The summed E-state index contributed by atoms with van der Waals surface area (Å²) in [6, 6.07) is 3.24. The van der Waals surface area contributed by atoms with Gasteiger partial charge in [-0.3, -0.25) is 4.68 Å². The standard InChI is InChI=1S/C13H14ClN4/c14-13-15-7-6-12(17-13)10-8-16-18(9-10)11-4-2-1-3-5-11/h6-9H,1-5H2. The number of hydrogen-bond donors (Lipinski definition) is 0. The van der Waals surface area contributed by atoms with E-state index in [1.807, 2.05) is 23.1 Å². The first-order valence-electron chi connectivity index (χ1n) is 6.21. The lowest BCUT2D eigenvalue weighted by atomic mass is 9.96. The fourth-order valence-electron chi connectivity index (χ4n) is 2.31. The molecule has 4 nitrogen and oxygen atoms in total. The summed E-state index contributed by atoms with van der Waals surface area (Å²) in [5, 5.41) is 4.69. The largest absolute Gasteiger partial charge is 0.263 e. The van der Waals surface area contributed by atoms with Crippen molar-refractivity contribution in [2.24, 2.45) is 0 Å². The second-order valence-electron chi connectivity index (χ2n) is 4.51. The maximum atomic E-state index is 5.80. The van der Waals surface area contributed by atoms with Gasteiger partial charge in [0.15, 0.2) is 0 Å². The lowest BCUT2D eigenvalue weighted by Gasteiger charge is -2.20. The normalized spacial score (nSPS) is 16.9. The van der Waals surface area contributed by atoms with Crippen molar-refractivity contribution in [3.8, 4) is 11.3 Å². The molecule has 1 aliphatic carbocycles. The van der Waals surface area contributed by atoms with Gasteiger partial charge in [0.2, 0.25) is 5.28 Å². The monoisotopic (exact) mass is 261 g/mol. The molecule has 0 bridgehead atoms. The number of nitrogens with zero attached hydrogens (tertiary/aromatic N) is 4. The van der Waals surface area contributed by atoms with Crippen molar-refractivity contribution >= 4 is 11.6 Å². The van der Waals surface area contributed by atoms with Crippen LogP contribution in [0.3, 0.4) is 0 Å². The Balaban J connectivity index is 1.84. The molecule has 1 saturated carbocycles. The van der Waals surface area contributed by atoms with Gasteiger partial charge in [-0.1, -0.05) is 19.3 Å². The summed E-state index contributed by atoms with van der Waals surface area (Å²) < 4.78 is 1.99. The van der Waals surface area contributed by atoms with Gasteiger partial charge in [-0.2, -0.15) is 5.10 Å². The van der Waals surface area contributed by atoms with Crippen LogP contribution in [0.5, 0.6) is 0 Å². The molecule has 0 saturated heterocycles. The minimum Gasteiger partial charge on any atom is -0.263 e. The van der Waals surface area contributed by atoms with E-state index in [1.165, 1.54) is 25.3 Å². The summed E-state index contributed by atoms with van der Waals surface area (Å²) in [4.78, 5) is 8.08. The Morgan fingerprint density at radius 3 is 2.78 bits per heavy atom. The van der Waals surface area contributed by atoms with Crippen molar-refractivity contribution in [3.05, 3.63) is 36.0 Å². The maximum Gasteiger partial charge on any atom is 0.222 e. The third kappa shape index (κ3) is 2.38. The van der Waals surface area contributed by atoms with Crippen LogP contribution < -0.4 is 0 Å². The molecular weight excluding hydrogens is 248 g/mol. The second-order valence-corrected chi connectivity index (χ2v) is 4.85. The predicted octanol–water partition coefficient (Wildman–Crippen LogP) is 3.34. The van der Waals surface area contributed by atoms with Gasteiger partial charge in [0.1, 0.15) is 0 Å². The van der Waals surface area contributed by atoms with Crippen molar-refractivity contribution in [1.82, 2.24) is 19.7 Å². The minimum atomic E-state index is 0.269. The Kier molecular flexibility index (Phi) is 3.28. The maximum absolute atomic E-state index is 5.80. The second kappa shape index (κ2) is 5.06. The summed E-state index contributed by atoms with van der Waals surface area (Å²) in [6.45, 7) is 0. The molecule has 5 heteroatoms. The summed E-state index contributed by atoms with van der Waals surface area (Å²) in [5.41, 5.74) is 1.80. The molecule has 93 valence electrons. The number of rotatable bonds is 2. The predicted molar refractivity (Wildman–Crippen MR) is 70.0 cm³/mol. The van der Waals surface area contributed by atoms with E-state index in [0.717, 1.165) is 24.1 Å². The molecule has 18 heavy (non-hydrogen) atoms. The van der Waals surface area contributed by atoms with E-state index in [0.29, 0.717) is 0 Å². The molecular formula is C13H14ClN4. The molecule has 1 aliphatic rings. The van der Waals surface area contributed by atoms with E-state index >= 15 is 0 Å². The van der Waals surface area contributed by atoms with Gasteiger partial charge in [-0.05, 0) is 30.5 Å². The zero-order valence-electron chi connectivity index (χ0n) is 10.0. The van der Waals surface area contributed by atoms with Crippen LogP contribution in [0.2, 0.25) is 5.28 Å². The van der Waals surface area contributed by atoms with Gasteiger partial charge in [0.05, 0.1) is 17.9 Å². The minimum absolute atomic E-state index is 0.269. The van der Waals surface area contributed by atoms with Crippen LogP contribution in [0.15, 0.2) is 24.7 Å². The van der Waals surface area contributed by atoms with Crippen LogP contribution in [0.4, 0.5) is 0 Å². The smallest absolute Gasteiger partial charge is 0.222 e. The van der Waals surface area contributed by atoms with Gasteiger partial charge in [0.25, 0.3) is 0 Å². The zero-order valence-corrected chi connectivity index (χ0v) is 10.8. The Morgan fingerprint density at radius 1 is 1.17 bits per heavy atom. The first-order valence-corrected chi connectivity index (χ1v) is 6.59. The summed E-state index contributed by atoms with van der Waals surface area (Å²) in [6.07, 6.45) is 11.7. The topological polar surface area (TPSA) is 43.6 Å². The van der Waals surface area contributed by atoms with Crippen LogP contribution in [-0.4, -0.2) is 19.7 Å².